The van der Waals surface area contributed by atoms with Crippen LogP contribution in [-0.4, -0.2) is 34.2 Å². The van der Waals surface area contributed by atoms with Crippen molar-refractivity contribution < 1.29 is 4.79 Å². The van der Waals surface area contributed by atoms with Crippen LogP contribution >= 0.6 is 11.3 Å². The lowest BCUT2D eigenvalue weighted by Crippen LogP contribution is -2.24. The Morgan fingerprint density at radius 3 is 2.86 bits per heavy atom. The summed E-state index contributed by atoms with van der Waals surface area (Å²) >= 11 is 1.48. The lowest BCUT2D eigenvalue weighted by atomic mass is 10.2. The largest absolute Gasteiger partial charge is 0.356 e. The summed E-state index contributed by atoms with van der Waals surface area (Å²) in [4.78, 5) is 19.1. The SMILES string of the molecule is O=C(Nc1nnc(C2CC2)s1)c1cccnc1N1CCCC1. The van der Waals surface area contributed by atoms with Crippen LogP contribution in [0.15, 0.2) is 18.3 Å². The van der Waals surface area contributed by atoms with Gasteiger partial charge in [-0.2, -0.15) is 0 Å². The van der Waals surface area contributed by atoms with Crippen molar-refractivity contribution in [3.63, 3.8) is 0 Å². The molecule has 1 aliphatic heterocycles. The number of rotatable bonds is 4. The Kier molecular flexibility index (Phi) is 3.49. The minimum Gasteiger partial charge on any atom is -0.356 e. The molecular weight excluding hydrogens is 298 g/mol. The van der Waals surface area contributed by atoms with Gasteiger partial charge in [0.05, 0.1) is 5.56 Å². The molecule has 3 heterocycles. The second kappa shape index (κ2) is 5.64. The van der Waals surface area contributed by atoms with E-state index in [9.17, 15) is 4.79 Å². The van der Waals surface area contributed by atoms with Crippen LogP contribution in [0.1, 0.15) is 47.0 Å². The summed E-state index contributed by atoms with van der Waals surface area (Å²) in [5, 5.41) is 12.7. The molecule has 2 fully saturated rings. The van der Waals surface area contributed by atoms with Gasteiger partial charge in [-0.15, -0.1) is 10.2 Å². The first-order valence-electron chi connectivity index (χ1n) is 7.66. The zero-order valence-electron chi connectivity index (χ0n) is 12.2. The van der Waals surface area contributed by atoms with Crippen molar-refractivity contribution in [2.75, 3.05) is 23.3 Å². The molecule has 2 aliphatic rings. The highest BCUT2D eigenvalue weighted by Gasteiger charge is 2.28. The minimum absolute atomic E-state index is 0.159. The van der Waals surface area contributed by atoms with E-state index in [0.29, 0.717) is 16.6 Å². The van der Waals surface area contributed by atoms with Crippen molar-refractivity contribution >= 4 is 28.2 Å². The number of carbonyl (C=O) groups excluding carboxylic acids is 1. The molecule has 0 spiro atoms. The summed E-state index contributed by atoms with van der Waals surface area (Å²) in [6.07, 6.45) is 6.41. The Balaban J connectivity index is 1.54. The van der Waals surface area contributed by atoms with Crippen molar-refractivity contribution in [1.82, 2.24) is 15.2 Å². The topological polar surface area (TPSA) is 71.0 Å². The van der Waals surface area contributed by atoms with Gasteiger partial charge >= 0.3 is 0 Å². The molecule has 1 aliphatic carbocycles. The first kappa shape index (κ1) is 13.6. The molecule has 4 rings (SSSR count). The van der Waals surface area contributed by atoms with E-state index >= 15 is 0 Å². The van der Waals surface area contributed by atoms with Gasteiger partial charge in [-0.3, -0.25) is 10.1 Å². The van der Waals surface area contributed by atoms with Crippen molar-refractivity contribution in [1.29, 1.82) is 0 Å². The van der Waals surface area contributed by atoms with E-state index in [1.807, 2.05) is 6.07 Å². The number of pyridine rings is 1. The third-order valence-electron chi connectivity index (χ3n) is 4.02. The first-order valence-corrected chi connectivity index (χ1v) is 8.47. The predicted octanol–water partition coefficient (Wildman–Crippen LogP) is 2.66. The maximum Gasteiger partial charge on any atom is 0.261 e. The second-order valence-electron chi connectivity index (χ2n) is 5.74. The van der Waals surface area contributed by atoms with Crippen LogP contribution in [0.4, 0.5) is 10.9 Å². The van der Waals surface area contributed by atoms with Crippen LogP contribution in [-0.2, 0) is 0 Å². The van der Waals surface area contributed by atoms with E-state index in [4.69, 9.17) is 0 Å². The average Bonchev–Trinajstić information content (AvgIpc) is 3.06. The van der Waals surface area contributed by atoms with Crippen LogP contribution in [0, 0.1) is 0 Å². The van der Waals surface area contributed by atoms with Gasteiger partial charge in [0, 0.05) is 25.2 Å². The summed E-state index contributed by atoms with van der Waals surface area (Å²) in [7, 11) is 0. The summed E-state index contributed by atoms with van der Waals surface area (Å²) < 4.78 is 0. The maximum absolute atomic E-state index is 12.5. The Labute approximate surface area is 132 Å². The van der Waals surface area contributed by atoms with E-state index < -0.39 is 0 Å². The normalized spacial score (nSPS) is 17.7. The van der Waals surface area contributed by atoms with Crippen molar-refractivity contribution in [3.05, 3.63) is 28.9 Å². The van der Waals surface area contributed by atoms with E-state index in [1.54, 1.807) is 12.3 Å². The van der Waals surface area contributed by atoms with E-state index in [0.717, 1.165) is 36.8 Å². The van der Waals surface area contributed by atoms with Gasteiger partial charge in [-0.05, 0) is 37.8 Å². The molecule has 1 saturated heterocycles. The molecule has 1 amide bonds. The molecule has 0 atom stereocenters. The van der Waals surface area contributed by atoms with Crippen molar-refractivity contribution in [3.8, 4) is 0 Å². The average molecular weight is 315 g/mol. The number of nitrogens with one attached hydrogen (secondary N) is 1. The van der Waals surface area contributed by atoms with Crippen LogP contribution in [0.3, 0.4) is 0 Å². The molecule has 114 valence electrons. The van der Waals surface area contributed by atoms with Crippen LogP contribution in [0.5, 0.6) is 0 Å². The first-order chi connectivity index (χ1) is 10.8. The van der Waals surface area contributed by atoms with E-state index in [2.05, 4.69) is 25.4 Å². The number of anilines is 2. The number of hydrogen-bond acceptors (Lipinski definition) is 6. The molecule has 1 saturated carbocycles. The zero-order chi connectivity index (χ0) is 14.9. The van der Waals surface area contributed by atoms with Gasteiger partial charge in [0.15, 0.2) is 0 Å². The molecule has 0 unspecified atom stereocenters. The lowest BCUT2D eigenvalue weighted by Gasteiger charge is -2.18. The minimum atomic E-state index is -0.159. The Hall–Kier alpha value is -2.02. The maximum atomic E-state index is 12.5. The molecule has 0 radical (unpaired) electrons. The number of hydrogen-bond donors (Lipinski definition) is 1. The number of amides is 1. The molecular formula is C15H17N5OS. The Morgan fingerprint density at radius 2 is 2.09 bits per heavy atom. The van der Waals surface area contributed by atoms with Crippen molar-refractivity contribution in [2.24, 2.45) is 0 Å². The van der Waals surface area contributed by atoms with Crippen molar-refractivity contribution in [2.45, 2.75) is 31.6 Å². The zero-order valence-corrected chi connectivity index (χ0v) is 13.0. The summed E-state index contributed by atoms with van der Waals surface area (Å²) in [6.45, 7) is 1.92. The molecule has 1 N–H and O–H groups in total. The molecule has 6 nitrogen and oxygen atoms in total. The third-order valence-corrected chi connectivity index (χ3v) is 5.03. The van der Waals surface area contributed by atoms with Crippen LogP contribution in [0.25, 0.3) is 0 Å². The Morgan fingerprint density at radius 1 is 1.27 bits per heavy atom. The molecule has 7 heteroatoms. The van der Waals surface area contributed by atoms with Gasteiger partial charge in [-0.25, -0.2) is 4.98 Å². The van der Waals surface area contributed by atoms with Gasteiger partial charge in [0.2, 0.25) is 5.13 Å². The molecule has 0 aromatic carbocycles. The summed E-state index contributed by atoms with van der Waals surface area (Å²) in [5.74, 6) is 1.17. The van der Waals surface area contributed by atoms with E-state index in [1.165, 1.54) is 24.2 Å². The molecule has 0 bridgehead atoms. The number of carbonyl (C=O) groups is 1. The Bertz CT molecular complexity index is 691. The molecule has 2 aromatic rings. The summed E-state index contributed by atoms with van der Waals surface area (Å²) in [5.41, 5.74) is 0.604. The number of aromatic nitrogens is 3. The molecule has 2 aromatic heterocycles. The van der Waals surface area contributed by atoms with Gasteiger partial charge < -0.3 is 4.90 Å². The van der Waals surface area contributed by atoms with Gasteiger partial charge in [-0.1, -0.05) is 11.3 Å². The van der Waals surface area contributed by atoms with Crippen LogP contribution < -0.4 is 10.2 Å². The monoisotopic (exact) mass is 315 g/mol. The van der Waals surface area contributed by atoms with Gasteiger partial charge in [0.25, 0.3) is 5.91 Å². The molecule has 22 heavy (non-hydrogen) atoms. The van der Waals surface area contributed by atoms with E-state index in [-0.39, 0.29) is 5.91 Å². The second-order valence-corrected chi connectivity index (χ2v) is 6.75. The number of nitrogens with zero attached hydrogens (tertiary/aromatic N) is 4. The fourth-order valence-electron chi connectivity index (χ4n) is 2.70. The predicted molar refractivity (Wildman–Crippen MR) is 85.5 cm³/mol. The van der Waals surface area contributed by atoms with Gasteiger partial charge in [0.1, 0.15) is 10.8 Å². The highest BCUT2D eigenvalue weighted by molar-refractivity contribution is 7.15. The quantitative estimate of drug-likeness (QED) is 0.939. The standard InChI is InChI=1S/C15H17N5OS/c21-13(17-15-19-18-14(22-15)10-5-6-10)11-4-3-7-16-12(11)20-8-1-2-9-20/h3-4,7,10H,1-2,5-6,8-9H2,(H,17,19,21). The summed E-state index contributed by atoms with van der Waals surface area (Å²) in [6, 6.07) is 3.61. The third kappa shape index (κ3) is 2.68. The lowest BCUT2D eigenvalue weighted by molar-refractivity contribution is 0.102. The highest BCUT2D eigenvalue weighted by Crippen LogP contribution is 2.42. The van der Waals surface area contributed by atoms with Crippen LogP contribution in [0.2, 0.25) is 0 Å². The fourth-order valence-corrected chi connectivity index (χ4v) is 3.61. The highest BCUT2D eigenvalue weighted by atomic mass is 32.1. The fraction of sp³-hybridized carbons (Fsp3) is 0.467. The smallest absolute Gasteiger partial charge is 0.261 e.